The molecule has 0 fully saturated rings. The smallest absolute Gasteiger partial charge is 0.137 e. The Balaban J connectivity index is 2.32. The fourth-order valence-electron chi connectivity index (χ4n) is 1.85. The van der Waals surface area contributed by atoms with Crippen LogP contribution in [0.5, 0.6) is 5.75 Å². The quantitative estimate of drug-likeness (QED) is 0.881. The lowest BCUT2D eigenvalue weighted by Gasteiger charge is -2.10. The van der Waals surface area contributed by atoms with Crippen molar-refractivity contribution in [3.63, 3.8) is 0 Å². The van der Waals surface area contributed by atoms with Gasteiger partial charge in [0.25, 0.3) is 0 Å². The number of anilines is 1. The van der Waals surface area contributed by atoms with Crippen LogP contribution in [-0.2, 0) is 16.6 Å². The van der Waals surface area contributed by atoms with Gasteiger partial charge in [-0.05, 0) is 30.3 Å². The predicted molar refractivity (Wildman–Crippen MR) is 78.6 cm³/mol. The largest absolute Gasteiger partial charge is 0.495 e. The van der Waals surface area contributed by atoms with E-state index in [4.69, 9.17) is 15.7 Å². The second-order valence-electron chi connectivity index (χ2n) is 4.32. The first kappa shape index (κ1) is 15.0. The van der Waals surface area contributed by atoms with Crippen molar-refractivity contribution in [1.29, 1.82) is 5.26 Å². The highest BCUT2D eigenvalue weighted by Gasteiger charge is 2.14. The first-order chi connectivity index (χ1) is 10.0. The maximum atomic E-state index is 13.7. The van der Waals surface area contributed by atoms with Crippen LogP contribution < -0.4 is 10.5 Å². The lowest BCUT2D eigenvalue weighted by atomic mass is 10.1. The zero-order valence-corrected chi connectivity index (χ0v) is 12.1. The fraction of sp³-hybridized carbons (Fsp3) is 0.133. The van der Waals surface area contributed by atoms with E-state index in [1.54, 1.807) is 18.2 Å². The molecule has 1 unspecified atom stereocenters. The molecule has 2 aromatic rings. The normalized spacial score (nSPS) is 11.7. The minimum absolute atomic E-state index is 0.0400. The van der Waals surface area contributed by atoms with Crippen molar-refractivity contribution >= 4 is 16.5 Å². The first-order valence-corrected chi connectivity index (χ1v) is 7.37. The average Bonchev–Trinajstić information content (AvgIpc) is 2.49. The number of benzene rings is 2. The van der Waals surface area contributed by atoms with Gasteiger partial charge in [-0.15, -0.1) is 0 Å². The predicted octanol–water partition coefficient (Wildman–Crippen LogP) is 2.60. The molecule has 108 valence electrons. The summed E-state index contributed by atoms with van der Waals surface area (Å²) in [6, 6.07) is 10.7. The van der Waals surface area contributed by atoms with Crippen molar-refractivity contribution in [2.45, 2.75) is 10.6 Å². The third-order valence-corrected chi connectivity index (χ3v) is 4.30. The van der Waals surface area contributed by atoms with E-state index in [0.29, 0.717) is 21.9 Å². The molecule has 1 atom stereocenters. The standard InChI is InChI=1S/C15H13FN2O2S/c1-20-14-7-12(18)3-5-15(14)21(19)9-11-6-10(8-17)2-4-13(11)16/h2-7H,9,18H2,1H3. The van der Waals surface area contributed by atoms with Crippen molar-refractivity contribution in [3.05, 3.63) is 53.3 Å². The van der Waals surface area contributed by atoms with E-state index in [0.717, 1.165) is 0 Å². The Kier molecular flexibility index (Phi) is 4.55. The summed E-state index contributed by atoms with van der Waals surface area (Å²) < 4.78 is 31.3. The van der Waals surface area contributed by atoms with Gasteiger partial charge >= 0.3 is 0 Å². The van der Waals surface area contributed by atoms with Crippen LogP contribution >= 0.6 is 0 Å². The van der Waals surface area contributed by atoms with Crippen molar-refractivity contribution in [3.8, 4) is 11.8 Å². The van der Waals surface area contributed by atoms with Gasteiger partial charge in [-0.25, -0.2) is 4.39 Å². The zero-order valence-electron chi connectivity index (χ0n) is 11.3. The van der Waals surface area contributed by atoms with Crippen molar-refractivity contribution in [2.24, 2.45) is 0 Å². The number of methoxy groups -OCH3 is 1. The van der Waals surface area contributed by atoms with Crippen LogP contribution in [0.1, 0.15) is 11.1 Å². The Morgan fingerprint density at radius 3 is 2.76 bits per heavy atom. The van der Waals surface area contributed by atoms with Crippen LogP contribution in [0.2, 0.25) is 0 Å². The summed E-state index contributed by atoms with van der Waals surface area (Å²) in [6.07, 6.45) is 0. The first-order valence-electron chi connectivity index (χ1n) is 6.05. The summed E-state index contributed by atoms with van der Waals surface area (Å²) >= 11 is 0. The second-order valence-corrected chi connectivity index (χ2v) is 5.74. The Hall–Kier alpha value is -2.39. The van der Waals surface area contributed by atoms with Crippen molar-refractivity contribution < 1.29 is 13.3 Å². The second kappa shape index (κ2) is 6.37. The Morgan fingerprint density at radius 2 is 2.10 bits per heavy atom. The monoisotopic (exact) mass is 304 g/mol. The van der Waals surface area contributed by atoms with E-state index < -0.39 is 16.6 Å². The number of ether oxygens (including phenoxy) is 1. The number of nitrogens with two attached hydrogens (primary N) is 1. The molecule has 0 saturated carbocycles. The molecule has 0 heterocycles. The van der Waals surface area contributed by atoms with Crippen LogP contribution in [0.15, 0.2) is 41.3 Å². The highest BCUT2D eigenvalue weighted by molar-refractivity contribution is 7.84. The molecule has 4 nitrogen and oxygen atoms in total. The summed E-state index contributed by atoms with van der Waals surface area (Å²) in [5.41, 5.74) is 6.69. The minimum Gasteiger partial charge on any atom is -0.495 e. The number of nitriles is 1. The van der Waals surface area contributed by atoms with Gasteiger partial charge in [-0.2, -0.15) is 5.26 Å². The summed E-state index contributed by atoms with van der Waals surface area (Å²) in [5, 5.41) is 8.83. The third-order valence-electron chi connectivity index (χ3n) is 2.89. The van der Waals surface area contributed by atoms with Gasteiger partial charge < -0.3 is 10.5 Å². The molecule has 2 aromatic carbocycles. The van der Waals surface area contributed by atoms with Crippen LogP contribution in [0.4, 0.5) is 10.1 Å². The Labute approximate surface area is 124 Å². The molecule has 0 aliphatic heterocycles. The van der Waals surface area contributed by atoms with E-state index in [-0.39, 0.29) is 11.3 Å². The lowest BCUT2D eigenvalue weighted by Crippen LogP contribution is -2.02. The van der Waals surface area contributed by atoms with E-state index in [1.165, 1.54) is 25.3 Å². The molecular formula is C15H13FN2O2S. The maximum Gasteiger partial charge on any atom is 0.137 e. The molecule has 2 N–H and O–H groups in total. The lowest BCUT2D eigenvalue weighted by molar-refractivity contribution is 0.404. The fourth-order valence-corrected chi connectivity index (χ4v) is 3.09. The number of nitrogen functional groups attached to an aromatic ring is 1. The SMILES string of the molecule is COc1cc(N)ccc1S(=O)Cc1cc(C#N)ccc1F. The topological polar surface area (TPSA) is 76.1 Å². The summed E-state index contributed by atoms with van der Waals surface area (Å²) in [5.74, 6) is -0.135. The van der Waals surface area contributed by atoms with Crippen LogP contribution in [-0.4, -0.2) is 11.3 Å². The molecule has 0 bridgehead atoms. The molecule has 0 aromatic heterocycles. The van der Waals surface area contributed by atoms with E-state index in [2.05, 4.69) is 0 Å². The van der Waals surface area contributed by atoms with Gasteiger partial charge in [0.15, 0.2) is 0 Å². The van der Waals surface area contributed by atoms with E-state index >= 15 is 0 Å². The molecule has 0 aliphatic carbocycles. The summed E-state index contributed by atoms with van der Waals surface area (Å²) in [6.45, 7) is 0. The molecule has 21 heavy (non-hydrogen) atoms. The molecule has 0 aliphatic rings. The van der Waals surface area contributed by atoms with Gasteiger partial charge in [0.1, 0.15) is 11.6 Å². The molecule has 2 rings (SSSR count). The van der Waals surface area contributed by atoms with Gasteiger partial charge in [0, 0.05) is 17.3 Å². The third kappa shape index (κ3) is 3.38. The van der Waals surface area contributed by atoms with E-state index in [9.17, 15) is 8.60 Å². The maximum absolute atomic E-state index is 13.7. The van der Waals surface area contributed by atoms with Crippen LogP contribution in [0, 0.1) is 17.1 Å². The van der Waals surface area contributed by atoms with Crippen molar-refractivity contribution in [1.82, 2.24) is 0 Å². The number of rotatable bonds is 4. The number of halogens is 1. The van der Waals surface area contributed by atoms with Gasteiger partial charge in [0.05, 0.1) is 40.2 Å². The number of hydrogen-bond acceptors (Lipinski definition) is 4. The van der Waals surface area contributed by atoms with Gasteiger partial charge in [0.2, 0.25) is 0 Å². The molecule has 6 heteroatoms. The van der Waals surface area contributed by atoms with Gasteiger partial charge in [-0.1, -0.05) is 0 Å². The molecule has 0 amide bonds. The molecule has 0 saturated heterocycles. The van der Waals surface area contributed by atoms with Crippen LogP contribution in [0.25, 0.3) is 0 Å². The van der Waals surface area contributed by atoms with Crippen LogP contribution in [0.3, 0.4) is 0 Å². The number of nitrogens with zero attached hydrogens (tertiary/aromatic N) is 1. The van der Waals surface area contributed by atoms with Crippen molar-refractivity contribution in [2.75, 3.05) is 12.8 Å². The zero-order chi connectivity index (χ0) is 15.4. The molecule has 0 radical (unpaired) electrons. The Morgan fingerprint density at radius 1 is 1.33 bits per heavy atom. The molecule has 0 spiro atoms. The van der Waals surface area contributed by atoms with Gasteiger partial charge in [-0.3, -0.25) is 4.21 Å². The highest BCUT2D eigenvalue weighted by Crippen LogP contribution is 2.27. The number of hydrogen-bond donors (Lipinski definition) is 1. The Bertz CT molecular complexity index is 741. The minimum atomic E-state index is -1.50. The summed E-state index contributed by atoms with van der Waals surface area (Å²) in [4.78, 5) is 0.438. The summed E-state index contributed by atoms with van der Waals surface area (Å²) in [7, 11) is -0.0538. The molecular weight excluding hydrogens is 291 g/mol. The van der Waals surface area contributed by atoms with E-state index in [1.807, 2.05) is 6.07 Å². The average molecular weight is 304 g/mol. The highest BCUT2D eigenvalue weighted by atomic mass is 32.2.